The number of hydrogen-bond donors (Lipinski definition) is 3. The van der Waals surface area contributed by atoms with Gasteiger partial charge in [0.2, 0.25) is 5.91 Å². The Bertz CT molecular complexity index is 789. The SMILES string of the molecule is CNC(=O)C1CCCCC1NC(=O)c1[nH]c2ccc(F)cc2c1Cl. The lowest BCUT2D eigenvalue weighted by Crippen LogP contribution is -2.47. The molecule has 1 aromatic heterocycles. The zero-order valence-electron chi connectivity index (χ0n) is 13.3. The first-order chi connectivity index (χ1) is 11.5. The van der Waals surface area contributed by atoms with Gasteiger partial charge >= 0.3 is 0 Å². The van der Waals surface area contributed by atoms with Gasteiger partial charge in [-0.3, -0.25) is 9.59 Å². The van der Waals surface area contributed by atoms with E-state index in [9.17, 15) is 14.0 Å². The first kappa shape index (κ1) is 16.8. The van der Waals surface area contributed by atoms with Crippen LogP contribution in [0.4, 0.5) is 4.39 Å². The Morgan fingerprint density at radius 3 is 2.79 bits per heavy atom. The van der Waals surface area contributed by atoms with Crippen molar-refractivity contribution in [2.24, 2.45) is 5.92 Å². The van der Waals surface area contributed by atoms with Crippen LogP contribution in [0, 0.1) is 11.7 Å². The molecule has 128 valence electrons. The van der Waals surface area contributed by atoms with Gasteiger partial charge in [0.1, 0.15) is 11.5 Å². The molecule has 1 saturated carbocycles. The average molecular weight is 352 g/mol. The first-order valence-electron chi connectivity index (χ1n) is 8.00. The maximum Gasteiger partial charge on any atom is 0.269 e. The summed E-state index contributed by atoms with van der Waals surface area (Å²) in [7, 11) is 1.60. The van der Waals surface area contributed by atoms with Crippen molar-refractivity contribution in [3.8, 4) is 0 Å². The van der Waals surface area contributed by atoms with Gasteiger partial charge in [-0.25, -0.2) is 4.39 Å². The van der Waals surface area contributed by atoms with E-state index in [4.69, 9.17) is 11.6 Å². The largest absolute Gasteiger partial charge is 0.359 e. The van der Waals surface area contributed by atoms with Crippen LogP contribution in [0.2, 0.25) is 5.02 Å². The van der Waals surface area contributed by atoms with Crippen molar-refractivity contribution in [1.82, 2.24) is 15.6 Å². The van der Waals surface area contributed by atoms with Gasteiger partial charge in [0, 0.05) is 24.0 Å². The van der Waals surface area contributed by atoms with E-state index in [2.05, 4.69) is 15.6 Å². The molecule has 0 saturated heterocycles. The summed E-state index contributed by atoms with van der Waals surface area (Å²) in [5, 5.41) is 6.21. The Kier molecular flexibility index (Phi) is 4.76. The number of nitrogens with one attached hydrogen (secondary N) is 3. The summed E-state index contributed by atoms with van der Waals surface area (Å²) >= 11 is 6.23. The molecule has 0 spiro atoms. The summed E-state index contributed by atoms with van der Waals surface area (Å²) in [5.41, 5.74) is 0.788. The molecule has 2 amide bonds. The van der Waals surface area contributed by atoms with Crippen LogP contribution in [0.1, 0.15) is 36.2 Å². The molecule has 24 heavy (non-hydrogen) atoms. The fourth-order valence-electron chi connectivity index (χ4n) is 3.33. The van der Waals surface area contributed by atoms with Crippen LogP contribution in [0.25, 0.3) is 10.9 Å². The number of fused-ring (bicyclic) bond motifs is 1. The lowest BCUT2D eigenvalue weighted by molar-refractivity contribution is -0.126. The van der Waals surface area contributed by atoms with Gasteiger partial charge in [-0.2, -0.15) is 0 Å². The van der Waals surface area contributed by atoms with Crippen LogP contribution >= 0.6 is 11.6 Å². The highest BCUT2D eigenvalue weighted by Gasteiger charge is 2.32. The second-order valence-corrected chi connectivity index (χ2v) is 6.47. The Labute approximate surface area is 143 Å². The predicted octanol–water partition coefficient (Wildman–Crippen LogP) is 3.00. The summed E-state index contributed by atoms with van der Waals surface area (Å²) in [6, 6.07) is 3.91. The third-order valence-electron chi connectivity index (χ3n) is 4.59. The molecule has 2 atom stereocenters. The van der Waals surface area contributed by atoms with E-state index in [0.29, 0.717) is 10.9 Å². The third kappa shape index (κ3) is 3.11. The number of halogens is 2. The van der Waals surface area contributed by atoms with Crippen LogP contribution in [0.3, 0.4) is 0 Å². The molecular formula is C17H19ClFN3O2. The molecule has 5 nitrogen and oxygen atoms in total. The van der Waals surface area contributed by atoms with Crippen LogP contribution in [0.15, 0.2) is 18.2 Å². The molecule has 0 bridgehead atoms. The van der Waals surface area contributed by atoms with Gasteiger partial charge < -0.3 is 15.6 Å². The van der Waals surface area contributed by atoms with Gasteiger partial charge in [0.05, 0.1) is 10.9 Å². The van der Waals surface area contributed by atoms with E-state index in [0.717, 1.165) is 25.7 Å². The molecule has 3 rings (SSSR count). The van der Waals surface area contributed by atoms with Crippen LogP contribution in [0.5, 0.6) is 0 Å². The minimum absolute atomic E-state index is 0.0650. The van der Waals surface area contributed by atoms with Crippen molar-refractivity contribution >= 4 is 34.3 Å². The molecule has 3 N–H and O–H groups in total. The number of carbonyl (C=O) groups is 2. The molecule has 1 aromatic carbocycles. The zero-order chi connectivity index (χ0) is 17.3. The van der Waals surface area contributed by atoms with E-state index in [1.165, 1.54) is 12.1 Å². The predicted molar refractivity (Wildman–Crippen MR) is 90.5 cm³/mol. The van der Waals surface area contributed by atoms with E-state index in [1.807, 2.05) is 0 Å². The Morgan fingerprint density at radius 2 is 2.04 bits per heavy atom. The number of hydrogen-bond acceptors (Lipinski definition) is 2. The Hall–Kier alpha value is -2.08. The molecule has 1 aliphatic carbocycles. The lowest BCUT2D eigenvalue weighted by atomic mass is 9.83. The molecule has 1 heterocycles. The van der Waals surface area contributed by atoms with Crippen molar-refractivity contribution < 1.29 is 14.0 Å². The molecule has 2 aromatic rings. The van der Waals surface area contributed by atoms with Gasteiger partial charge in [0.25, 0.3) is 5.91 Å². The van der Waals surface area contributed by atoms with Gasteiger partial charge in [-0.05, 0) is 31.0 Å². The van der Waals surface area contributed by atoms with Crippen LogP contribution in [-0.4, -0.2) is 29.9 Å². The van der Waals surface area contributed by atoms with E-state index in [-0.39, 0.29) is 34.5 Å². The van der Waals surface area contributed by atoms with Gasteiger partial charge in [-0.1, -0.05) is 24.4 Å². The van der Waals surface area contributed by atoms with Crippen molar-refractivity contribution in [2.75, 3.05) is 7.05 Å². The number of carbonyl (C=O) groups excluding carboxylic acids is 2. The second-order valence-electron chi connectivity index (χ2n) is 6.09. The van der Waals surface area contributed by atoms with Crippen molar-refractivity contribution in [3.63, 3.8) is 0 Å². The summed E-state index contributed by atoms with van der Waals surface area (Å²) in [5.74, 6) is -1.10. The summed E-state index contributed by atoms with van der Waals surface area (Å²) in [4.78, 5) is 27.5. The van der Waals surface area contributed by atoms with E-state index < -0.39 is 5.82 Å². The Balaban J connectivity index is 1.84. The fraction of sp³-hybridized carbons (Fsp3) is 0.412. The highest BCUT2D eigenvalue weighted by molar-refractivity contribution is 6.38. The van der Waals surface area contributed by atoms with Crippen molar-refractivity contribution in [2.45, 2.75) is 31.7 Å². The number of benzene rings is 1. The smallest absolute Gasteiger partial charge is 0.269 e. The topological polar surface area (TPSA) is 74.0 Å². The zero-order valence-corrected chi connectivity index (χ0v) is 14.0. The second kappa shape index (κ2) is 6.81. The van der Waals surface area contributed by atoms with E-state index in [1.54, 1.807) is 13.1 Å². The number of aromatic amines is 1. The molecule has 0 radical (unpaired) electrons. The van der Waals surface area contributed by atoms with Crippen LogP contribution in [-0.2, 0) is 4.79 Å². The third-order valence-corrected chi connectivity index (χ3v) is 4.98. The summed E-state index contributed by atoms with van der Waals surface area (Å²) in [6.07, 6.45) is 3.42. The number of aromatic nitrogens is 1. The summed E-state index contributed by atoms with van der Waals surface area (Å²) in [6.45, 7) is 0. The number of H-pyrrole nitrogens is 1. The van der Waals surface area contributed by atoms with Gasteiger partial charge in [0.15, 0.2) is 0 Å². The highest BCUT2D eigenvalue weighted by Crippen LogP contribution is 2.29. The molecule has 1 aliphatic rings. The lowest BCUT2D eigenvalue weighted by Gasteiger charge is -2.30. The molecule has 1 fully saturated rings. The Morgan fingerprint density at radius 1 is 1.29 bits per heavy atom. The first-order valence-corrected chi connectivity index (χ1v) is 8.38. The maximum atomic E-state index is 13.4. The molecule has 7 heteroatoms. The normalized spacial score (nSPS) is 20.8. The monoisotopic (exact) mass is 351 g/mol. The average Bonchev–Trinajstić information content (AvgIpc) is 2.91. The highest BCUT2D eigenvalue weighted by atomic mass is 35.5. The molecule has 2 unspecified atom stereocenters. The summed E-state index contributed by atoms with van der Waals surface area (Å²) < 4.78 is 13.4. The minimum atomic E-state index is -0.415. The minimum Gasteiger partial charge on any atom is -0.359 e. The molecule has 0 aliphatic heterocycles. The van der Waals surface area contributed by atoms with E-state index >= 15 is 0 Å². The van der Waals surface area contributed by atoms with Crippen molar-refractivity contribution in [1.29, 1.82) is 0 Å². The number of amides is 2. The standard InChI is InChI=1S/C17H19ClFN3O2/c1-20-16(23)10-4-2-3-5-12(10)22-17(24)15-14(18)11-8-9(19)6-7-13(11)21-15/h6-8,10,12,21H,2-5H2,1H3,(H,20,23)(H,22,24). The van der Waals surface area contributed by atoms with Gasteiger partial charge in [-0.15, -0.1) is 0 Å². The maximum absolute atomic E-state index is 13.4. The molecular weight excluding hydrogens is 333 g/mol. The quantitative estimate of drug-likeness (QED) is 0.795. The number of rotatable bonds is 3. The fourth-order valence-corrected chi connectivity index (χ4v) is 3.62. The van der Waals surface area contributed by atoms with Crippen LogP contribution < -0.4 is 10.6 Å². The van der Waals surface area contributed by atoms with Crippen molar-refractivity contribution in [3.05, 3.63) is 34.7 Å².